The third-order valence-electron chi connectivity index (χ3n) is 8.55. The zero-order valence-electron chi connectivity index (χ0n) is 26.2. The van der Waals surface area contributed by atoms with Gasteiger partial charge < -0.3 is 0 Å². The molecule has 1 unspecified atom stereocenters. The van der Waals surface area contributed by atoms with E-state index in [4.69, 9.17) is 0 Å². The van der Waals surface area contributed by atoms with Crippen molar-refractivity contribution in [3.05, 3.63) is 72.6 Å². The molecule has 0 fully saturated rings. The van der Waals surface area contributed by atoms with Gasteiger partial charge in [0.2, 0.25) is 0 Å². The van der Waals surface area contributed by atoms with Crippen LogP contribution in [-0.4, -0.2) is 3.21 Å². The summed E-state index contributed by atoms with van der Waals surface area (Å²) in [6.45, 7) is 33.5. The molecule has 198 valence electrons. The summed E-state index contributed by atoms with van der Waals surface area (Å²) in [6, 6.07) is 7.64. The van der Waals surface area contributed by atoms with Gasteiger partial charge in [0.25, 0.3) is 0 Å². The van der Waals surface area contributed by atoms with Crippen LogP contribution in [0, 0.1) is 25.2 Å². The molecular weight excluding hydrogens is 524 g/mol. The predicted octanol–water partition coefficient (Wildman–Crippen LogP) is 9.43. The number of hydrogen-bond donors (Lipinski definition) is 0. The molecule has 0 aliphatic heterocycles. The molecule has 0 aromatic heterocycles. The van der Waals surface area contributed by atoms with E-state index in [1.54, 1.807) is 26.4 Å². The Morgan fingerprint density at radius 3 is 1.84 bits per heavy atom. The molecular formula is C36H50Zr. The van der Waals surface area contributed by atoms with Crippen LogP contribution in [0.1, 0.15) is 116 Å². The molecule has 0 heterocycles. The predicted molar refractivity (Wildman–Crippen MR) is 162 cm³/mol. The van der Waals surface area contributed by atoms with Crippen LogP contribution in [0.15, 0.2) is 39.2 Å². The van der Waals surface area contributed by atoms with Crippen molar-refractivity contribution in [2.24, 2.45) is 11.3 Å². The molecule has 0 saturated carbocycles. The van der Waals surface area contributed by atoms with Crippen molar-refractivity contribution in [1.29, 1.82) is 0 Å². The fraction of sp³-hybridized carbons (Fsp3) is 0.528. The molecule has 0 radical (unpaired) electrons. The molecule has 0 saturated heterocycles. The van der Waals surface area contributed by atoms with Gasteiger partial charge in [0.05, 0.1) is 0 Å². The summed E-state index contributed by atoms with van der Waals surface area (Å²) in [5, 5.41) is 0. The topological polar surface area (TPSA) is 0 Å². The Morgan fingerprint density at radius 2 is 1.35 bits per heavy atom. The molecule has 1 heteroatoms. The average Bonchev–Trinajstić information content (AvgIpc) is 3.27. The van der Waals surface area contributed by atoms with Crippen LogP contribution in [0.4, 0.5) is 0 Å². The van der Waals surface area contributed by atoms with Gasteiger partial charge in [0, 0.05) is 0 Å². The Bertz CT molecular complexity index is 1360. The summed E-state index contributed by atoms with van der Waals surface area (Å²) < 4.78 is 5.24. The van der Waals surface area contributed by atoms with E-state index >= 15 is 0 Å². The van der Waals surface area contributed by atoms with Crippen LogP contribution < -0.4 is 3.27 Å². The Hall–Kier alpha value is -1.33. The van der Waals surface area contributed by atoms with Crippen LogP contribution >= 0.6 is 0 Å². The van der Waals surface area contributed by atoms with Crippen molar-refractivity contribution in [3.8, 4) is 11.1 Å². The SMILES string of the molecule is C[C](C)=[Zr]([C]1=CC(C(C)(C)C)=CC1C)[c]1c(C)c(C(C)(C)C)cc2c1Cc1cc(C)c(C(C)(C)C)cc1-2. The van der Waals surface area contributed by atoms with Crippen molar-refractivity contribution in [3.63, 3.8) is 0 Å². The third kappa shape index (κ3) is 5.16. The van der Waals surface area contributed by atoms with Crippen molar-refractivity contribution in [1.82, 2.24) is 0 Å². The Kier molecular flexibility index (Phi) is 7.28. The van der Waals surface area contributed by atoms with Crippen molar-refractivity contribution >= 4 is 6.48 Å². The molecule has 1 atom stereocenters. The number of benzene rings is 2. The van der Waals surface area contributed by atoms with Crippen molar-refractivity contribution in [2.75, 3.05) is 0 Å². The first-order valence-corrected chi connectivity index (χ1v) is 17.9. The third-order valence-corrected chi connectivity index (χ3v) is 16.8. The normalized spacial score (nSPS) is 17.4. The van der Waals surface area contributed by atoms with E-state index in [2.05, 4.69) is 127 Å². The zero-order chi connectivity index (χ0) is 27.8. The number of rotatable bonds is 2. The molecule has 2 aliphatic rings. The zero-order valence-corrected chi connectivity index (χ0v) is 28.6. The molecule has 0 amide bonds. The van der Waals surface area contributed by atoms with Gasteiger partial charge >= 0.3 is 237 Å². The van der Waals surface area contributed by atoms with Gasteiger partial charge in [-0.05, 0) is 0 Å². The van der Waals surface area contributed by atoms with Crippen LogP contribution in [0.5, 0.6) is 0 Å². The minimum atomic E-state index is -2.32. The first-order valence-electron chi connectivity index (χ1n) is 14.3. The number of fused-ring (bicyclic) bond motifs is 3. The van der Waals surface area contributed by atoms with E-state index < -0.39 is 21.3 Å². The van der Waals surface area contributed by atoms with E-state index in [0.29, 0.717) is 5.92 Å². The Labute approximate surface area is 235 Å². The minimum absolute atomic E-state index is 0.120. The van der Waals surface area contributed by atoms with E-state index in [0.717, 1.165) is 6.42 Å². The standard InChI is InChI=1S/C23H29.C10H15.C3H6.Zr/c1-14-9-16-11-17-10-15(2)21(23(6,7)8)13-19(17)18(16)12-20(14)22(3,4)5;1-8-5-6-9(7-8)10(2,3)4;1-3-2;/h9,12-13H,11H2,1-8H3;6-8H,1-4H3;1-2H3;. The molecule has 2 aromatic carbocycles. The summed E-state index contributed by atoms with van der Waals surface area (Å²) in [6.07, 6.45) is 6.29. The second-order valence-corrected chi connectivity index (χ2v) is 22.0. The van der Waals surface area contributed by atoms with Gasteiger partial charge in [-0.1, -0.05) is 0 Å². The molecule has 2 aromatic rings. The second kappa shape index (κ2) is 9.40. The summed E-state index contributed by atoms with van der Waals surface area (Å²) in [5.74, 6) is 0.547. The molecule has 4 rings (SSSR count). The molecule has 0 N–H and O–H groups in total. The van der Waals surface area contributed by atoms with Gasteiger partial charge in [-0.3, -0.25) is 0 Å². The van der Waals surface area contributed by atoms with E-state index in [1.165, 1.54) is 33.4 Å². The summed E-state index contributed by atoms with van der Waals surface area (Å²) in [5.41, 5.74) is 14.3. The van der Waals surface area contributed by atoms with Gasteiger partial charge in [0.1, 0.15) is 0 Å². The van der Waals surface area contributed by atoms with E-state index in [9.17, 15) is 0 Å². The van der Waals surface area contributed by atoms with Crippen LogP contribution in [0.3, 0.4) is 0 Å². The van der Waals surface area contributed by atoms with Crippen LogP contribution in [0.25, 0.3) is 11.1 Å². The van der Waals surface area contributed by atoms with Gasteiger partial charge in [-0.2, -0.15) is 0 Å². The molecule has 0 nitrogen and oxygen atoms in total. The molecule has 2 aliphatic carbocycles. The van der Waals surface area contributed by atoms with Crippen molar-refractivity contribution in [2.45, 2.75) is 114 Å². The fourth-order valence-electron chi connectivity index (χ4n) is 6.70. The monoisotopic (exact) mass is 572 g/mol. The van der Waals surface area contributed by atoms with Crippen LogP contribution in [-0.2, 0) is 38.5 Å². The number of allylic oxidation sites excluding steroid dienone is 4. The Morgan fingerprint density at radius 1 is 0.784 bits per heavy atom. The first kappa shape index (κ1) is 28.7. The summed E-state index contributed by atoms with van der Waals surface area (Å²) >= 11 is -2.32. The maximum absolute atomic E-state index is 2.63. The van der Waals surface area contributed by atoms with E-state index in [-0.39, 0.29) is 16.2 Å². The van der Waals surface area contributed by atoms with Gasteiger partial charge in [-0.15, -0.1) is 0 Å². The second-order valence-electron chi connectivity index (χ2n) is 15.1. The van der Waals surface area contributed by atoms with Gasteiger partial charge in [0.15, 0.2) is 0 Å². The fourth-order valence-corrected chi connectivity index (χ4v) is 14.7. The summed E-state index contributed by atoms with van der Waals surface area (Å²) in [4.78, 5) is 0. The quantitative estimate of drug-likeness (QED) is 0.286. The molecule has 0 bridgehead atoms. The Balaban J connectivity index is 2.05. The maximum atomic E-state index is 2.63. The van der Waals surface area contributed by atoms with Crippen LogP contribution in [0.2, 0.25) is 0 Å². The van der Waals surface area contributed by atoms with E-state index in [1.807, 2.05) is 0 Å². The summed E-state index contributed by atoms with van der Waals surface area (Å²) in [7, 11) is 0. The average molecular weight is 574 g/mol. The van der Waals surface area contributed by atoms with Gasteiger partial charge in [-0.25, -0.2) is 0 Å². The van der Waals surface area contributed by atoms with Crippen molar-refractivity contribution < 1.29 is 21.3 Å². The first-order chi connectivity index (χ1) is 16.8. The number of hydrogen-bond acceptors (Lipinski definition) is 0. The molecule has 37 heavy (non-hydrogen) atoms. The number of aryl methyl sites for hydroxylation is 1. The molecule has 0 spiro atoms.